The third kappa shape index (κ3) is 4.93. The number of aromatic amines is 1. The predicted molar refractivity (Wildman–Crippen MR) is 75.0 cm³/mol. The number of ether oxygens (including phenoxy) is 1. The zero-order chi connectivity index (χ0) is 14.6. The van der Waals surface area contributed by atoms with Crippen LogP contribution in [0.15, 0.2) is 0 Å². The number of aryl methyl sites for hydroxylation is 2. The Morgan fingerprint density at radius 2 is 2.00 bits per heavy atom. The van der Waals surface area contributed by atoms with E-state index < -0.39 is 5.60 Å². The van der Waals surface area contributed by atoms with Gasteiger partial charge in [-0.2, -0.15) is 0 Å². The minimum absolute atomic E-state index is 0.291. The van der Waals surface area contributed by atoms with Gasteiger partial charge in [-0.1, -0.05) is 6.92 Å². The number of rotatable bonds is 4. The van der Waals surface area contributed by atoms with Crippen molar-refractivity contribution in [3.63, 3.8) is 0 Å². The second-order valence-electron chi connectivity index (χ2n) is 5.80. The summed E-state index contributed by atoms with van der Waals surface area (Å²) in [6, 6.07) is 0. The van der Waals surface area contributed by atoms with Crippen molar-refractivity contribution >= 4 is 6.09 Å². The number of aromatic nitrogens is 2. The molecular formula is C14H25N3O2. The summed E-state index contributed by atoms with van der Waals surface area (Å²) in [6.45, 7) is 12.7. The molecule has 0 atom stereocenters. The Kier molecular flexibility index (Phi) is 4.97. The van der Waals surface area contributed by atoms with E-state index >= 15 is 0 Å². The Morgan fingerprint density at radius 1 is 1.37 bits per heavy atom. The Hall–Kier alpha value is -1.52. The number of nitrogens with zero attached hydrogens (tertiary/aromatic N) is 2. The van der Waals surface area contributed by atoms with E-state index in [1.165, 1.54) is 0 Å². The maximum Gasteiger partial charge on any atom is 0.410 e. The van der Waals surface area contributed by atoms with Crippen LogP contribution in [0, 0.1) is 13.8 Å². The first-order valence-electron chi connectivity index (χ1n) is 6.73. The fourth-order valence-corrected chi connectivity index (χ4v) is 1.71. The average Bonchev–Trinajstić information content (AvgIpc) is 2.55. The third-order valence-corrected chi connectivity index (χ3v) is 2.66. The number of hydrogen-bond donors (Lipinski definition) is 1. The number of carbonyl (C=O) groups is 1. The maximum atomic E-state index is 12.1. The fourth-order valence-electron chi connectivity index (χ4n) is 1.71. The number of imidazole rings is 1. The Morgan fingerprint density at radius 3 is 2.42 bits per heavy atom. The van der Waals surface area contributed by atoms with Crippen molar-refractivity contribution in [3.05, 3.63) is 17.2 Å². The molecule has 0 fully saturated rings. The first-order chi connectivity index (χ1) is 8.73. The van der Waals surface area contributed by atoms with E-state index in [1.54, 1.807) is 4.90 Å². The molecule has 19 heavy (non-hydrogen) atoms. The van der Waals surface area contributed by atoms with Crippen LogP contribution in [0.5, 0.6) is 0 Å². The molecule has 0 aliphatic rings. The van der Waals surface area contributed by atoms with Crippen LogP contribution in [0.1, 0.15) is 51.3 Å². The molecule has 1 heterocycles. The number of hydrogen-bond acceptors (Lipinski definition) is 3. The predicted octanol–water partition coefficient (Wildman–Crippen LogP) is 3.17. The summed E-state index contributed by atoms with van der Waals surface area (Å²) in [5.74, 6) is 0.800. The lowest BCUT2D eigenvalue weighted by molar-refractivity contribution is 0.0229. The molecule has 0 unspecified atom stereocenters. The van der Waals surface area contributed by atoms with Gasteiger partial charge in [-0.05, 0) is 41.0 Å². The van der Waals surface area contributed by atoms with Crippen molar-refractivity contribution in [3.8, 4) is 0 Å². The largest absolute Gasteiger partial charge is 0.444 e. The van der Waals surface area contributed by atoms with Crippen LogP contribution in [-0.2, 0) is 11.3 Å². The quantitative estimate of drug-likeness (QED) is 0.911. The Labute approximate surface area is 115 Å². The van der Waals surface area contributed by atoms with Crippen LogP contribution in [0.3, 0.4) is 0 Å². The highest BCUT2D eigenvalue weighted by Crippen LogP contribution is 2.13. The number of H-pyrrole nitrogens is 1. The van der Waals surface area contributed by atoms with Crippen LogP contribution in [0.25, 0.3) is 0 Å². The smallest absolute Gasteiger partial charge is 0.410 e. The van der Waals surface area contributed by atoms with E-state index in [9.17, 15) is 4.79 Å². The molecule has 0 saturated heterocycles. The first kappa shape index (κ1) is 15.5. The second-order valence-corrected chi connectivity index (χ2v) is 5.80. The van der Waals surface area contributed by atoms with E-state index in [0.29, 0.717) is 13.1 Å². The van der Waals surface area contributed by atoms with Crippen LogP contribution < -0.4 is 0 Å². The van der Waals surface area contributed by atoms with Gasteiger partial charge in [0.15, 0.2) is 0 Å². The molecular weight excluding hydrogens is 242 g/mol. The molecule has 0 spiro atoms. The van der Waals surface area contributed by atoms with E-state index in [4.69, 9.17) is 4.74 Å². The summed E-state index contributed by atoms with van der Waals surface area (Å²) < 4.78 is 5.41. The normalized spacial score (nSPS) is 11.5. The van der Waals surface area contributed by atoms with E-state index in [-0.39, 0.29) is 6.09 Å². The van der Waals surface area contributed by atoms with Gasteiger partial charge in [0.05, 0.1) is 12.2 Å². The molecule has 5 nitrogen and oxygen atoms in total. The van der Waals surface area contributed by atoms with Crippen LogP contribution in [-0.4, -0.2) is 33.1 Å². The van der Waals surface area contributed by atoms with Gasteiger partial charge < -0.3 is 14.6 Å². The van der Waals surface area contributed by atoms with Crippen molar-refractivity contribution in [2.75, 3.05) is 6.54 Å². The molecule has 1 N–H and O–H groups in total. The third-order valence-electron chi connectivity index (χ3n) is 2.66. The van der Waals surface area contributed by atoms with Crippen molar-refractivity contribution in [1.82, 2.24) is 14.9 Å². The van der Waals surface area contributed by atoms with Crippen molar-refractivity contribution < 1.29 is 9.53 Å². The summed E-state index contributed by atoms with van der Waals surface area (Å²) in [5, 5.41) is 0. The molecule has 1 aromatic heterocycles. The van der Waals surface area contributed by atoms with Crippen molar-refractivity contribution in [1.29, 1.82) is 0 Å². The highest BCUT2D eigenvalue weighted by Gasteiger charge is 2.22. The molecule has 0 saturated carbocycles. The highest BCUT2D eigenvalue weighted by molar-refractivity contribution is 5.68. The van der Waals surface area contributed by atoms with E-state index in [1.807, 2.05) is 41.5 Å². The summed E-state index contributed by atoms with van der Waals surface area (Å²) >= 11 is 0. The number of amides is 1. The van der Waals surface area contributed by atoms with Gasteiger partial charge in [-0.15, -0.1) is 0 Å². The van der Waals surface area contributed by atoms with E-state index in [0.717, 1.165) is 23.6 Å². The molecule has 1 amide bonds. The van der Waals surface area contributed by atoms with Crippen molar-refractivity contribution in [2.24, 2.45) is 0 Å². The molecule has 1 rings (SSSR count). The minimum atomic E-state index is -0.474. The summed E-state index contributed by atoms with van der Waals surface area (Å²) in [7, 11) is 0. The second kappa shape index (κ2) is 6.08. The lowest BCUT2D eigenvalue weighted by Crippen LogP contribution is -2.37. The van der Waals surface area contributed by atoms with Gasteiger partial charge in [0, 0.05) is 12.2 Å². The molecule has 0 radical (unpaired) electrons. The fraction of sp³-hybridized carbons (Fsp3) is 0.714. The summed E-state index contributed by atoms with van der Waals surface area (Å²) in [6.07, 6.45) is 0.596. The highest BCUT2D eigenvalue weighted by atomic mass is 16.6. The molecule has 0 aliphatic carbocycles. The van der Waals surface area contributed by atoms with Crippen LogP contribution >= 0.6 is 0 Å². The first-order valence-corrected chi connectivity index (χ1v) is 6.73. The average molecular weight is 267 g/mol. The standard InChI is InChI=1S/C14H25N3O2/c1-7-8-17(13(18)19-14(4,5)6)9-12-15-10(2)11(3)16-12/h7-9H2,1-6H3,(H,15,16). The topological polar surface area (TPSA) is 58.2 Å². The van der Waals surface area contributed by atoms with Crippen LogP contribution in [0.2, 0.25) is 0 Å². The Bertz CT molecular complexity index is 413. The van der Waals surface area contributed by atoms with Gasteiger partial charge in [0.1, 0.15) is 11.4 Å². The van der Waals surface area contributed by atoms with Gasteiger partial charge in [0.25, 0.3) is 0 Å². The molecule has 5 heteroatoms. The zero-order valence-electron chi connectivity index (χ0n) is 12.8. The number of nitrogens with one attached hydrogen (secondary N) is 1. The molecule has 1 aromatic rings. The van der Waals surface area contributed by atoms with Gasteiger partial charge in [-0.25, -0.2) is 9.78 Å². The zero-order valence-corrected chi connectivity index (χ0v) is 12.8. The minimum Gasteiger partial charge on any atom is -0.444 e. The van der Waals surface area contributed by atoms with Gasteiger partial charge in [-0.3, -0.25) is 0 Å². The maximum absolute atomic E-state index is 12.1. The van der Waals surface area contributed by atoms with E-state index in [2.05, 4.69) is 9.97 Å². The number of carbonyl (C=O) groups excluding carboxylic acids is 1. The molecule has 0 bridgehead atoms. The monoisotopic (exact) mass is 267 g/mol. The Balaban J connectivity index is 2.74. The lowest BCUT2D eigenvalue weighted by atomic mass is 10.2. The van der Waals surface area contributed by atoms with Crippen LogP contribution in [0.4, 0.5) is 4.79 Å². The lowest BCUT2D eigenvalue weighted by Gasteiger charge is -2.26. The molecule has 0 aromatic carbocycles. The van der Waals surface area contributed by atoms with Crippen molar-refractivity contribution in [2.45, 2.75) is 60.1 Å². The van der Waals surface area contributed by atoms with Gasteiger partial charge in [0.2, 0.25) is 0 Å². The SMILES string of the molecule is CCCN(Cc1nc(C)c(C)[nH]1)C(=O)OC(C)(C)C. The summed E-state index contributed by atoms with van der Waals surface area (Å²) in [4.78, 5) is 21.4. The molecule has 0 aliphatic heterocycles. The summed E-state index contributed by atoms with van der Waals surface area (Å²) in [5.41, 5.74) is 1.53. The van der Waals surface area contributed by atoms with Gasteiger partial charge >= 0.3 is 6.09 Å². The molecule has 108 valence electrons.